The van der Waals surface area contributed by atoms with Crippen LogP contribution in [0.4, 0.5) is 11.4 Å². The molecule has 104 valence electrons. The standard InChI is InChI=1S/C14H14N4S.HI/c1-19-14-15-17(12-8-4-2-5-9-12)18(16-14)13-10-6-3-7-11-13;/h2-11H,1H3,(H,15,16);1H. The van der Waals surface area contributed by atoms with Crippen LogP contribution in [-0.4, -0.2) is 11.4 Å². The van der Waals surface area contributed by atoms with Crippen molar-refractivity contribution in [1.29, 1.82) is 0 Å². The summed E-state index contributed by atoms with van der Waals surface area (Å²) < 4.78 is 0. The van der Waals surface area contributed by atoms with Crippen LogP contribution in [0.25, 0.3) is 0 Å². The van der Waals surface area contributed by atoms with Gasteiger partial charge in [0, 0.05) is 0 Å². The normalized spacial score (nSPS) is 13.9. The highest BCUT2D eigenvalue weighted by Gasteiger charge is 2.29. The number of benzene rings is 2. The molecule has 0 radical (unpaired) electrons. The summed E-state index contributed by atoms with van der Waals surface area (Å²) in [6.07, 6.45) is 2.03. The zero-order chi connectivity index (χ0) is 13.1. The average Bonchev–Trinajstić information content (AvgIpc) is 2.93. The van der Waals surface area contributed by atoms with Gasteiger partial charge in [-0.15, -0.1) is 10.2 Å². The number of amidine groups is 1. The third kappa shape index (κ3) is 3.08. The van der Waals surface area contributed by atoms with Gasteiger partial charge in [0.2, 0.25) is 0 Å². The minimum absolute atomic E-state index is 0. The summed E-state index contributed by atoms with van der Waals surface area (Å²) in [6.45, 7) is 0. The molecule has 1 aliphatic rings. The summed E-state index contributed by atoms with van der Waals surface area (Å²) in [5, 5.41) is 9.59. The lowest BCUT2D eigenvalue weighted by atomic mass is 10.3. The summed E-state index contributed by atoms with van der Waals surface area (Å²) in [4.78, 5) is 0. The molecule has 3 rings (SSSR count). The van der Waals surface area contributed by atoms with Crippen molar-refractivity contribution in [2.75, 3.05) is 16.5 Å². The summed E-state index contributed by atoms with van der Waals surface area (Å²) in [5.41, 5.74) is 4.19. The number of para-hydroxylation sites is 2. The largest absolute Gasteiger partial charge is 1.00 e. The van der Waals surface area contributed by atoms with Crippen LogP contribution in [0, 0.1) is 0 Å². The van der Waals surface area contributed by atoms with Gasteiger partial charge in [-0.2, -0.15) is 5.43 Å². The lowest BCUT2D eigenvalue weighted by molar-refractivity contribution is -0.541. The molecule has 0 aliphatic carbocycles. The number of rotatable bonds is 2. The van der Waals surface area contributed by atoms with Crippen LogP contribution in [0.15, 0.2) is 65.8 Å². The molecule has 0 bridgehead atoms. The Labute approximate surface area is 139 Å². The number of nitrogens with two attached hydrogens (primary N) is 1. The number of nitrogens with zero attached hydrogens (tertiary/aromatic N) is 3. The Kier molecular flexibility index (Phi) is 5.27. The van der Waals surface area contributed by atoms with Crippen LogP contribution in [-0.2, 0) is 0 Å². The van der Waals surface area contributed by atoms with E-state index in [2.05, 4.69) is 34.5 Å². The van der Waals surface area contributed by atoms with Crippen LogP contribution in [0.5, 0.6) is 0 Å². The minimum Gasteiger partial charge on any atom is -1.00 e. The Bertz CT molecular complexity index is 576. The number of hydrazine groups is 1. The quantitative estimate of drug-likeness (QED) is 0.523. The molecular weight excluding hydrogens is 383 g/mol. The fourth-order valence-electron chi connectivity index (χ4n) is 1.93. The van der Waals surface area contributed by atoms with E-state index in [1.807, 2.05) is 53.2 Å². The number of halogens is 1. The fourth-order valence-corrected chi connectivity index (χ4v) is 2.29. The van der Waals surface area contributed by atoms with Gasteiger partial charge in [0.1, 0.15) is 5.69 Å². The van der Waals surface area contributed by atoms with E-state index in [0.29, 0.717) is 0 Å². The summed E-state index contributed by atoms with van der Waals surface area (Å²) in [5.74, 6) is 0. The monoisotopic (exact) mass is 398 g/mol. The molecule has 2 N–H and O–H groups in total. The van der Waals surface area contributed by atoms with Gasteiger partial charge in [-0.1, -0.05) is 41.5 Å². The fraction of sp³-hybridized carbons (Fsp3) is 0.0714. The highest BCUT2D eigenvalue weighted by atomic mass is 127. The van der Waals surface area contributed by atoms with Crippen molar-refractivity contribution in [1.82, 2.24) is 0 Å². The van der Waals surface area contributed by atoms with Gasteiger partial charge in [0.25, 0.3) is 0 Å². The highest BCUT2D eigenvalue weighted by Crippen LogP contribution is 2.22. The maximum absolute atomic E-state index is 4.62. The van der Waals surface area contributed by atoms with Gasteiger partial charge in [-0.3, -0.25) is 0 Å². The Balaban J connectivity index is 0.00000147. The van der Waals surface area contributed by atoms with Crippen molar-refractivity contribution in [2.24, 2.45) is 5.10 Å². The van der Waals surface area contributed by atoms with Crippen molar-refractivity contribution < 1.29 is 29.4 Å². The van der Waals surface area contributed by atoms with Crippen molar-refractivity contribution in [2.45, 2.75) is 0 Å². The second-order valence-corrected chi connectivity index (χ2v) is 4.90. The zero-order valence-electron chi connectivity index (χ0n) is 11.0. The van der Waals surface area contributed by atoms with Crippen molar-refractivity contribution in [3.8, 4) is 0 Å². The molecule has 20 heavy (non-hydrogen) atoms. The van der Waals surface area contributed by atoms with Crippen LogP contribution in [0.1, 0.15) is 0 Å². The Morgan fingerprint density at radius 2 is 1.45 bits per heavy atom. The van der Waals surface area contributed by atoms with Crippen molar-refractivity contribution in [3.05, 3.63) is 60.7 Å². The predicted octanol–water partition coefficient (Wildman–Crippen LogP) is -0.955. The molecule has 4 nitrogen and oxygen atoms in total. The zero-order valence-corrected chi connectivity index (χ0v) is 14.0. The van der Waals surface area contributed by atoms with E-state index in [1.54, 1.807) is 11.8 Å². The number of hydrazone groups is 1. The number of quaternary nitrogens is 1. The maximum atomic E-state index is 4.62. The lowest BCUT2D eigenvalue weighted by Gasteiger charge is -2.23. The van der Waals surface area contributed by atoms with E-state index in [0.717, 1.165) is 16.5 Å². The van der Waals surface area contributed by atoms with Gasteiger partial charge in [-0.25, -0.2) is 0 Å². The molecule has 0 saturated carbocycles. The van der Waals surface area contributed by atoms with E-state index in [1.165, 1.54) is 0 Å². The summed E-state index contributed by atoms with van der Waals surface area (Å²) in [6, 6.07) is 20.4. The lowest BCUT2D eigenvalue weighted by Crippen LogP contribution is -3.00. The molecule has 0 unspecified atom stereocenters. The molecule has 2 aromatic carbocycles. The highest BCUT2D eigenvalue weighted by molar-refractivity contribution is 8.12. The van der Waals surface area contributed by atoms with Gasteiger partial charge in [-0.05, 0) is 42.3 Å². The van der Waals surface area contributed by atoms with Crippen LogP contribution in [0.3, 0.4) is 0 Å². The minimum atomic E-state index is 0. The second-order valence-electron chi connectivity index (χ2n) is 4.08. The topological polar surface area (TPSA) is 35.5 Å². The first-order valence-electron chi connectivity index (χ1n) is 6.05. The number of hydrogen-bond donors (Lipinski definition) is 1. The van der Waals surface area contributed by atoms with E-state index in [9.17, 15) is 0 Å². The molecule has 0 atom stereocenters. The van der Waals surface area contributed by atoms with E-state index >= 15 is 0 Å². The second kappa shape index (κ2) is 6.96. The van der Waals surface area contributed by atoms with Gasteiger partial charge in [0.15, 0.2) is 0 Å². The van der Waals surface area contributed by atoms with E-state index < -0.39 is 0 Å². The summed E-state index contributed by atoms with van der Waals surface area (Å²) >= 11 is 1.64. The Hall–Kier alpha value is -1.25. The SMILES string of the molecule is CSC1=NN(c2ccccc2)N(c2ccccc2)[NH2+]1.[I-]. The molecule has 0 aromatic heterocycles. The number of thioether (sulfide) groups is 1. The molecule has 6 heteroatoms. The van der Waals surface area contributed by atoms with Gasteiger partial charge >= 0.3 is 5.17 Å². The Morgan fingerprint density at radius 3 is 2.00 bits per heavy atom. The number of anilines is 2. The Morgan fingerprint density at radius 1 is 0.900 bits per heavy atom. The smallest absolute Gasteiger partial charge is 0.305 e. The molecule has 1 heterocycles. The van der Waals surface area contributed by atoms with Gasteiger partial charge < -0.3 is 24.0 Å². The van der Waals surface area contributed by atoms with Crippen molar-refractivity contribution >= 4 is 28.3 Å². The van der Waals surface area contributed by atoms with Gasteiger partial charge in [0.05, 0.1) is 5.69 Å². The molecule has 0 amide bonds. The maximum Gasteiger partial charge on any atom is 0.305 e. The number of hydrogen-bond acceptors (Lipinski definition) is 4. The first-order chi connectivity index (χ1) is 9.38. The molecule has 2 aromatic rings. The van der Waals surface area contributed by atoms with Crippen LogP contribution >= 0.6 is 11.8 Å². The molecule has 0 fully saturated rings. The third-order valence-corrected chi connectivity index (χ3v) is 3.45. The molecular formula is C14H15IN4S. The van der Waals surface area contributed by atoms with E-state index in [-0.39, 0.29) is 24.0 Å². The third-order valence-electron chi connectivity index (χ3n) is 2.85. The van der Waals surface area contributed by atoms with Crippen LogP contribution in [0.2, 0.25) is 0 Å². The van der Waals surface area contributed by atoms with E-state index in [4.69, 9.17) is 0 Å². The van der Waals surface area contributed by atoms with Crippen molar-refractivity contribution in [3.63, 3.8) is 0 Å². The molecule has 1 aliphatic heterocycles. The predicted molar refractivity (Wildman–Crippen MR) is 80.7 cm³/mol. The average molecular weight is 398 g/mol. The molecule has 0 saturated heterocycles. The first kappa shape index (κ1) is 15.1. The summed E-state index contributed by atoms with van der Waals surface area (Å²) in [7, 11) is 0. The first-order valence-corrected chi connectivity index (χ1v) is 7.28. The van der Waals surface area contributed by atoms with Crippen LogP contribution < -0.4 is 39.6 Å². The molecule has 0 spiro atoms.